The molecule has 0 fully saturated rings. The number of nitro groups is 1. The minimum atomic E-state index is -0.844. The first kappa shape index (κ1) is 28.3. The quantitative estimate of drug-likeness (QED) is 0.190. The van der Waals surface area contributed by atoms with Crippen LogP contribution in [0.1, 0.15) is 40.9 Å². The number of benzene rings is 2. The Hall–Kier alpha value is -5.25. The number of aryl methyl sites for hydroxylation is 2. The lowest BCUT2D eigenvalue weighted by molar-refractivity contribution is -0.387. The lowest BCUT2D eigenvalue weighted by Crippen LogP contribution is -2.16. The Morgan fingerprint density at radius 1 is 1.00 bits per heavy atom. The molecule has 1 heterocycles. The van der Waals surface area contributed by atoms with Gasteiger partial charge in [-0.3, -0.25) is 10.1 Å². The molecule has 0 saturated carbocycles. The molecular weight excluding hydrogens is 512 g/mol. The predicted octanol–water partition coefficient (Wildman–Crippen LogP) is 4.58. The van der Waals surface area contributed by atoms with Gasteiger partial charge in [0, 0.05) is 0 Å². The number of carbonyl (C=O) groups excluding carboxylic acids is 2. The van der Waals surface area contributed by atoms with Crippen LogP contribution in [0.2, 0.25) is 0 Å². The number of esters is 2. The zero-order valence-electron chi connectivity index (χ0n) is 21.5. The lowest BCUT2D eigenvalue weighted by Gasteiger charge is -2.13. The van der Waals surface area contributed by atoms with Crippen LogP contribution in [0.4, 0.5) is 5.69 Å². The molecular formula is C26H24N4O9. The summed E-state index contributed by atoms with van der Waals surface area (Å²) in [5.41, 5.74) is 0.867. The van der Waals surface area contributed by atoms with Crippen molar-refractivity contribution >= 4 is 17.6 Å². The molecule has 2 aromatic carbocycles. The maximum absolute atomic E-state index is 12.3. The van der Waals surface area contributed by atoms with Crippen LogP contribution >= 0.6 is 0 Å². The van der Waals surface area contributed by atoms with Crippen LogP contribution in [-0.2, 0) is 14.3 Å². The molecule has 0 radical (unpaired) electrons. The second kappa shape index (κ2) is 12.8. The minimum Gasteiger partial charge on any atom is -0.463 e. The van der Waals surface area contributed by atoms with E-state index in [1.807, 2.05) is 6.07 Å². The van der Waals surface area contributed by atoms with Crippen LogP contribution in [-0.4, -0.2) is 46.7 Å². The molecule has 3 aromatic rings. The highest BCUT2D eigenvalue weighted by molar-refractivity contribution is 5.90. The van der Waals surface area contributed by atoms with Crippen molar-refractivity contribution in [3.8, 4) is 35.3 Å². The summed E-state index contributed by atoms with van der Waals surface area (Å²) >= 11 is 0. The van der Waals surface area contributed by atoms with Crippen LogP contribution in [0.5, 0.6) is 29.3 Å². The average molecular weight is 536 g/mol. The summed E-state index contributed by atoms with van der Waals surface area (Å²) in [5.74, 6) is -2.38. The molecule has 202 valence electrons. The van der Waals surface area contributed by atoms with Crippen LogP contribution in [0.15, 0.2) is 36.4 Å². The zero-order chi connectivity index (χ0) is 28.5. The number of nitriles is 1. The fourth-order valence-corrected chi connectivity index (χ4v) is 3.23. The molecule has 0 atom stereocenters. The third-order valence-electron chi connectivity index (χ3n) is 4.91. The summed E-state index contributed by atoms with van der Waals surface area (Å²) in [6.45, 7) is 6.18. The summed E-state index contributed by atoms with van der Waals surface area (Å²) in [7, 11) is 0. The van der Waals surface area contributed by atoms with Gasteiger partial charge < -0.3 is 23.7 Å². The number of carbonyl (C=O) groups is 2. The van der Waals surface area contributed by atoms with E-state index >= 15 is 0 Å². The van der Waals surface area contributed by atoms with E-state index in [9.17, 15) is 25.0 Å². The second-order valence-corrected chi connectivity index (χ2v) is 7.87. The van der Waals surface area contributed by atoms with E-state index < -0.39 is 46.9 Å². The van der Waals surface area contributed by atoms with E-state index in [0.29, 0.717) is 16.7 Å². The number of hydrogen-bond acceptors (Lipinski definition) is 12. The molecule has 0 amide bonds. The second-order valence-electron chi connectivity index (χ2n) is 7.87. The molecule has 0 aliphatic carbocycles. The Morgan fingerprint density at radius 2 is 1.72 bits per heavy atom. The summed E-state index contributed by atoms with van der Waals surface area (Å²) in [6, 6.07) is 10.6. The third kappa shape index (κ3) is 7.39. The first-order valence-electron chi connectivity index (χ1n) is 11.6. The minimum absolute atomic E-state index is 0.0322. The van der Waals surface area contributed by atoms with Crippen molar-refractivity contribution < 1.29 is 38.2 Å². The van der Waals surface area contributed by atoms with Gasteiger partial charge in [0.05, 0.1) is 35.3 Å². The van der Waals surface area contributed by atoms with Gasteiger partial charge >= 0.3 is 35.4 Å². The van der Waals surface area contributed by atoms with Gasteiger partial charge in [-0.25, -0.2) is 9.59 Å². The summed E-state index contributed by atoms with van der Waals surface area (Å²) in [5, 5.41) is 21.3. The molecule has 0 saturated heterocycles. The number of ether oxygens (including phenoxy) is 5. The lowest BCUT2D eigenvalue weighted by atomic mass is 10.1. The fourth-order valence-electron chi connectivity index (χ4n) is 3.23. The zero-order valence-corrected chi connectivity index (χ0v) is 21.5. The number of aromatic nitrogens is 2. The Labute approximate surface area is 223 Å². The first-order chi connectivity index (χ1) is 18.6. The molecule has 0 aliphatic heterocycles. The average Bonchev–Trinajstić information content (AvgIpc) is 2.88. The third-order valence-corrected chi connectivity index (χ3v) is 4.91. The van der Waals surface area contributed by atoms with Gasteiger partial charge in [0.15, 0.2) is 6.61 Å². The molecule has 0 spiro atoms. The molecule has 0 bridgehead atoms. The Kier molecular flexibility index (Phi) is 9.31. The maximum atomic E-state index is 12.3. The molecule has 13 nitrogen and oxygen atoms in total. The number of nitrogens with zero attached hydrogens (tertiary/aromatic N) is 4. The standard InChI is InChI=1S/C26H24N4O9/c1-5-35-21(31)14-37-23-22(30(33)34)24(38-19-10-15(3)9-18(12-19)25(32)36-6-2)29-26(28-23)39-20-11-17(13-27)8-7-16(20)4/h7-12H,5-6,14H2,1-4H3. The number of rotatable bonds is 11. The Bertz CT molecular complexity index is 1450. The van der Waals surface area contributed by atoms with E-state index in [1.165, 1.54) is 18.2 Å². The highest BCUT2D eigenvalue weighted by Gasteiger charge is 2.30. The molecule has 13 heteroatoms. The SMILES string of the molecule is CCOC(=O)COc1nc(Oc2cc(C#N)ccc2C)nc(Oc2cc(C)cc(C(=O)OCC)c2)c1[N+](=O)[O-]. The van der Waals surface area contributed by atoms with Gasteiger partial charge in [0.1, 0.15) is 11.5 Å². The van der Waals surface area contributed by atoms with Crippen LogP contribution in [0.3, 0.4) is 0 Å². The van der Waals surface area contributed by atoms with E-state index in [2.05, 4.69) is 9.97 Å². The molecule has 0 unspecified atom stereocenters. The van der Waals surface area contributed by atoms with E-state index in [0.717, 1.165) is 0 Å². The van der Waals surface area contributed by atoms with Gasteiger partial charge in [0.25, 0.3) is 0 Å². The summed E-state index contributed by atoms with van der Waals surface area (Å²) < 4.78 is 26.6. The van der Waals surface area contributed by atoms with Crippen molar-refractivity contribution in [2.75, 3.05) is 19.8 Å². The Balaban J connectivity index is 2.11. The largest absolute Gasteiger partial charge is 0.463 e. The van der Waals surface area contributed by atoms with Crippen LogP contribution < -0.4 is 14.2 Å². The van der Waals surface area contributed by atoms with Crippen molar-refractivity contribution in [2.24, 2.45) is 0 Å². The van der Waals surface area contributed by atoms with Gasteiger partial charge in [-0.15, -0.1) is 0 Å². The highest BCUT2D eigenvalue weighted by atomic mass is 16.6. The molecule has 3 rings (SSSR count). The van der Waals surface area contributed by atoms with Crippen molar-refractivity contribution in [3.63, 3.8) is 0 Å². The van der Waals surface area contributed by atoms with Crippen molar-refractivity contribution in [1.82, 2.24) is 9.97 Å². The highest BCUT2D eigenvalue weighted by Crippen LogP contribution is 2.39. The fraction of sp³-hybridized carbons (Fsp3) is 0.269. The maximum Gasteiger partial charge on any atom is 0.392 e. The van der Waals surface area contributed by atoms with Gasteiger partial charge in [-0.05, 0) is 69.2 Å². The molecule has 0 N–H and O–H groups in total. The van der Waals surface area contributed by atoms with E-state index in [-0.39, 0.29) is 30.3 Å². The first-order valence-corrected chi connectivity index (χ1v) is 11.6. The van der Waals surface area contributed by atoms with Crippen molar-refractivity contribution in [1.29, 1.82) is 5.26 Å². The van der Waals surface area contributed by atoms with Crippen molar-refractivity contribution in [2.45, 2.75) is 27.7 Å². The number of hydrogen-bond donors (Lipinski definition) is 0. The van der Waals surface area contributed by atoms with E-state index in [4.69, 9.17) is 23.7 Å². The van der Waals surface area contributed by atoms with Crippen LogP contribution in [0, 0.1) is 35.3 Å². The predicted molar refractivity (Wildman–Crippen MR) is 134 cm³/mol. The normalized spacial score (nSPS) is 10.2. The molecule has 1 aromatic heterocycles. The molecule has 0 aliphatic rings. The Morgan fingerprint density at radius 3 is 2.38 bits per heavy atom. The molecule has 39 heavy (non-hydrogen) atoms. The van der Waals surface area contributed by atoms with Crippen LogP contribution in [0.25, 0.3) is 0 Å². The summed E-state index contributed by atoms with van der Waals surface area (Å²) in [4.78, 5) is 43.3. The topological polar surface area (TPSA) is 173 Å². The smallest absolute Gasteiger partial charge is 0.392 e. The van der Waals surface area contributed by atoms with Gasteiger partial charge in [0.2, 0.25) is 0 Å². The van der Waals surface area contributed by atoms with E-state index in [1.54, 1.807) is 45.9 Å². The monoisotopic (exact) mass is 536 g/mol. The van der Waals surface area contributed by atoms with Crippen molar-refractivity contribution in [3.05, 3.63) is 68.8 Å². The van der Waals surface area contributed by atoms with Gasteiger partial charge in [-0.2, -0.15) is 15.2 Å². The van der Waals surface area contributed by atoms with Gasteiger partial charge in [-0.1, -0.05) is 6.07 Å². The summed E-state index contributed by atoms with van der Waals surface area (Å²) in [6.07, 6.45) is 0.